The Morgan fingerprint density at radius 2 is 2.17 bits per heavy atom. The van der Waals surface area contributed by atoms with Gasteiger partial charge in [-0.15, -0.1) is 0 Å². The van der Waals surface area contributed by atoms with Crippen LogP contribution in [0.15, 0.2) is 12.1 Å². The van der Waals surface area contributed by atoms with Crippen molar-refractivity contribution in [3.63, 3.8) is 0 Å². The van der Waals surface area contributed by atoms with E-state index in [4.69, 9.17) is 21.1 Å². The van der Waals surface area contributed by atoms with Crippen molar-refractivity contribution < 1.29 is 14.6 Å². The first-order valence-corrected chi connectivity index (χ1v) is 8.92. The number of aliphatic hydroxyl groups is 1. The Hall–Kier alpha value is -0.810. The van der Waals surface area contributed by atoms with E-state index in [2.05, 4.69) is 17.9 Å². The van der Waals surface area contributed by atoms with Crippen LogP contribution in [0.1, 0.15) is 30.4 Å². The Kier molecular flexibility index (Phi) is 5.81. The predicted octanol–water partition coefficient (Wildman–Crippen LogP) is 2.96. The predicted molar refractivity (Wildman–Crippen MR) is 92.5 cm³/mol. The van der Waals surface area contributed by atoms with Crippen molar-refractivity contribution in [1.29, 1.82) is 0 Å². The molecule has 0 bridgehead atoms. The number of nitrogens with zero attached hydrogens (tertiary/aromatic N) is 1. The Bertz CT molecular complexity index is 531. The number of aliphatic hydroxyl groups excluding tert-OH is 1. The number of benzene rings is 1. The van der Waals surface area contributed by atoms with Gasteiger partial charge in [-0.3, -0.25) is 0 Å². The monoisotopic (exact) mass is 339 g/mol. The number of hydrogen-bond acceptors (Lipinski definition) is 4. The first-order valence-electron chi connectivity index (χ1n) is 8.55. The lowest BCUT2D eigenvalue weighted by Gasteiger charge is -2.34. The zero-order valence-electron chi connectivity index (χ0n) is 13.8. The third kappa shape index (κ3) is 4.38. The van der Waals surface area contributed by atoms with Gasteiger partial charge in [0.05, 0.1) is 18.8 Å². The van der Waals surface area contributed by atoms with Gasteiger partial charge in [0.2, 0.25) is 0 Å². The molecule has 2 heterocycles. The Labute approximate surface area is 143 Å². The molecule has 1 saturated heterocycles. The van der Waals surface area contributed by atoms with Crippen LogP contribution in [0.5, 0.6) is 0 Å². The molecule has 0 aromatic heterocycles. The van der Waals surface area contributed by atoms with Crippen LogP contribution in [-0.4, -0.2) is 50.2 Å². The van der Waals surface area contributed by atoms with Crippen LogP contribution in [0, 0.1) is 6.92 Å². The average Bonchev–Trinajstić information content (AvgIpc) is 2.53. The number of aryl methyl sites for hydroxylation is 2. The third-order valence-corrected chi connectivity index (χ3v) is 4.88. The van der Waals surface area contributed by atoms with Crippen molar-refractivity contribution in [3.8, 4) is 0 Å². The zero-order chi connectivity index (χ0) is 16.2. The fraction of sp³-hybridized carbons (Fsp3) is 0.667. The topological polar surface area (TPSA) is 41.9 Å². The van der Waals surface area contributed by atoms with Crippen molar-refractivity contribution >= 4 is 17.3 Å². The molecule has 1 unspecified atom stereocenters. The molecule has 128 valence electrons. The smallest absolute Gasteiger partial charge is 0.0948 e. The highest BCUT2D eigenvalue weighted by Gasteiger charge is 2.23. The van der Waals surface area contributed by atoms with Gasteiger partial charge in [-0.2, -0.15) is 0 Å². The first kappa shape index (κ1) is 17.0. The molecule has 5 heteroatoms. The zero-order valence-corrected chi connectivity index (χ0v) is 14.5. The number of β-amino-alcohol motifs (C(OH)–C–C–N with tert-alkyl or cyclic N) is 1. The fourth-order valence-corrected chi connectivity index (χ4v) is 3.89. The Morgan fingerprint density at radius 3 is 2.96 bits per heavy atom. The molecule has 0 spiro atoms. The minimum Gasteiger partial charge on any atom is -0.389 e. The van der Waals surface area contributed by atoms with E-state index in [1.54, 1.807) is 0 Å². The molecular formula is C18H26ClNO3. The standard InChI is InChI=1S/C18H26ClNO3/c1-13-9-15(19)10-14-3-2-6-20(18(13)14)11-16(21)12-23-17-4-7-22-8-5-17/h9-10,16-17,21H,2-8,11-12H2,1H3. The van der Waals surface area contributed by atoms with E-state index in [1.807, 2.05) is 6.07 Å². The van der Waals surface area contributed by atoms with E-state index in [0.29, 0.717) is 13.2 Å². The Balaban J connectivity index is 1.58. The summed E-state index contributed by atoms with van der Waals surface area (Å²) in [4.78, 5) is 2.28. The van der Waals surface area contributed by atoms with Gasteiger partial charge in [0.1, 0.15) is 0 Å². The normalized spacial score (nSPS) is 20.4. The molecule has 23 heavy (non-hydrogen) atoms. The molecule has 4 nitrogen and oxygen atoms in total. The molecule has 1 aromatic carbocycles. The maximum Gasteiger partial charge on any atom is 0.0948 e. The van der Waals surface area contributed by atoms with Crippen molar-refractivity contribution in [2.75, 3.05) is 37.8 Å². The van der Waals surface area contributed by atoms with Gasteiger partial charge in [-0.1, -0.05) is 11.6 Å². The molecule has 1 fully saturated rings. The molecule has 1 atom stereocenters. The van der Waals surface area contributed by atoms with Crippen LogP contribution in [0.25, 0.3) is 0 Å². The minimum absolute atomic E-state index is 0.229. The molecule has 1 N–H and O–H groups in total. The lowest BCUT2D eigenvalue weighted by molar-refractivity contribution is -0.0575. The summed E-state index contributed by atoms with van der Waals surface area (Å²) in [7, 11) is 0. The van der Waals surface area contributed by atoms with Crippen LogP contribution < -0.4 is 4.90 Å². The van der Waals surface area contributed by atoms with Crippen LogP contribution in [0.4, 0.5) is 5.69 Å². The van der Waals surface area contributed by atoms with Gasteiger partial charge in [-0.05, 0) is 55.9 Å². The van der Waals surface area contributed by atoms with Crippen LogP contribution in [0.2, 0.25) is 5.02 Å². The minimum atomic E-state index is -0.473. The molecule has 2 aliphatic heterocycles. The maximum atomic E-state index is 10.4. The summed E-state index contributed by atoms with van der Waals surface area (Å²) in [6.45, 7) is 5.60. The van der Waals surface area contributed by atoms with Crippen molar-refractivity contribution in [3.05, 3.63) is 28.3 Å². The highest BCUT2D eigenvalue weighted by molar-refractivity contribution is 6.30. The van der Waals surface area contributed by atoms with Crippen LogP contribution in [-0.2, 0) is 15.9 Å². The van der Waals surface area contributed by atoms with Gasteiger partial charge < -0.3 is 19.5 Å². The third-order valence-electron chi connectivity index (χ3n) is 4.66. The average molecular weight is 340 g/mol. The summed E-state index contributed by atoms with van der Waals surface area (Å²) in [6, 6.07) is 4.06. The quantitative estimate of drug-likeness (QED) is 0.895. The van der Waals surface area contributed by atoms with Crippen molar-refractivity contribution in [2.45, 2.75) is 44.8 Å². The molecule has 0 amide bonds. The first-order chi connectivity index (χ1) is 11.1. The molecule has 0 aliphatic carbocycles. The second kappa shape index (κ2) is 7.84. The van der Waals surface area contributed by atoms with Gasteiger partial charge in [-0.25, -0.2) is 0 Å². The number of halogens is 1. The Morgan fingerprint density at radius 1 is 1.39 bits per heavy atom. The number of hydrogen-bond donors (Lipinski definition) is 1. The number of rotatable bonds is 5. The molecule has 3 rings (SSSR count). The highest BCUT2D eigenvalue weighted by Crippen LogP contribution is 2.33. The van der Waals surface area contributed by atoms with Gasteiger partial charge in [0.25, 0.3) is 0 Å². The lowest BCUT2D eigenvalue weighted by atomic mass is 9.98. The second-order valence-electron chi connectivity index (χ2n) is 6.58. The molecule has 1 aromatic rings. The SMILES string of the molecule is Cc1cc(Cl)cc2c1N(CC(O)COC1CCOCC1)CCC2. The lowest BCUT2D eigenvalue weighted by Crippen LogP contribution is -2.39. The molecule has 0 radical (unpaired) electrons. The molecule has 2 aliphatic rings. The molecule has 0 saturated carbocycles. The van der Waals surface area contributed by atoms with E-state index >= 15 is 0 Å². The van der Waals surface area contributed by atoms with Crippen molar-refractivity contribution in [1.82, 2.24) is 0 Å². The number of fused-ring (bicyclic) bond motifs is 1. The summed E-state index contributed by atoms with van der Waals surface area (Å²) in [5.41, 5.74) is 3.72. The van der Waals surface area contributed by atoms with E-state index in [0.717, 1.165) is 50.5 Å². The van der Waals surface area contributed by atoms with E-state index in [9.17, 15) is 5.11 Å². The summed E-state index contributed by atoms with van der Waals surface area (Å²) in [5, 5.41) is 11.2. The highest BCUT2D eigenvalue weighted by atomic mass is 35.5. The number of ether oxygens (including phenoxy) is 2. The number of anilines is 1. The van der Waals surface area contributed by atoms with Crippen molar-refractivity contribution in [2.24, 2.45) is 0 Å². The summed E-state index contributed by atoms with van der Waals surface area (Å²) in [5.74, 6) is 0. The summed E-state index contributed by atoms with van der Waals surface area (Å²) in [6.07, 6.45) is 3.77. The second-order valence-corrected chi connectivity index (χ2v) is 7.02. The van der Waals surface area contributed by atoms with Gasteiger partial charge in [0.15, 0.2) is 0 Å². The molecular weight excluding hydrogens is 314 g/mol. The maximum absolute atomic E-state index is 10.4. The van der Waals surface area contributed by atoms with Crippen LogP contribution >= 0.6 is 11.6 Å². The van der Waals surface area contributed by atoms with Gasteiger partial charge in [0, 0.05) is 37.0 Å². The largest absolute Gasteiger partial charge is 0.389 e. The van der Waals surface area contributed by atoms with E-state index in [1.165, 1.54) is 16.8 Å². The fourth-order valence-electron chi connectivity index (χ4n) is 3.60. The van der Waals surface area contributed by atoms with Crippen LogP contribution in [0.3, 0.4) is 0 Å². The van der Waals surface area contributed by atoms with E-state index in [-0.39, 0.29) is 6.10 Å². The summed E-state index contributed by atoms with van der Waals surface area (Å²) >= 11 is 6.17. The van der Waals surface area contributed by atoms with Gasteiger partial charge >= 0.3 is 0 Å². The summed E-state index contributed by atoms with van der Waals surface area (Å²) < 4.78 is 11.2. The van der Waals surface area contributed by atoms with E-state index < -0.39 is 6.10 Å².